The Hall–Kier alpha value is -1.00. The number of rotatable bonds is 3. The molecule has 3 nitrogen and oxygen atoms in total. The maximum absolute atomic E-state index is 4.17. The van der Waals surface area contributed by atoms with E-state index in [4.69, 9.17) is 0 Å². The van der Waals surface area contributed by atoms with E-state index in [0.717, 1.165) is 12.2 Å². The first-order valence-electron chi connectivity index (χ1n) is 4.52. The third-order valence-corrected chi connectivity index (χ3v) is 3.14. The molecule has 0 saturated heterocycles. The van der Waals surface area contributed by atoms with Gasteiger partial charge < -0.3 is 5.32 Å². The zero-order valence-electron chi connectivity index (χ0n) is 8.73. The highest BCUT2D eigenvalue weighted by molar-refractivity contribution is 7.09. The van der Waals surface area contributed by atoms with Crippen LogP contribution in [0.1, 0.15) is 10.6 Å². The summed E-state index contributed by atoms with van der Waals surface area (Å²) < 4.78 is 1.87. The van der Waals surface area contributed by atoms with Gasteiger partial charge in [-0.2, -0.15) is 5.10 Å². The van der Waals surface area contributed by atoms with E-state index in [-0.39, 0.29) is 12.4 Å². The molecule has 0 atom stereocenters. The Morgan fingerprint density at radius 1 is 1.53 bits per heavy atom. The zero-order chi connectivity index (χ0) is 9.97. The fourth-order valence-corrected chi connectivity index (χ4v) is 1.91. The second kappa shape index (κ2) is 5.19. The van der Waals surface area contributed by atoms with Crippen LogP contribution in [0.5, 0.6) is 0 Å². The number of nitrogens with zero attached hydrogens (tertiary/aromatic N) is 2. The van der Waals surface area contributed by atoms with Gasteiger partial charge in [-0.05, 0) is 18.4 Å². The molecule has 0 aliphatic carbocycles. The second-order valence-electron chi connectivity index (χ2n) is 3.20. The van der Waals surface area contributed by atoms with Crippen LogP contribution in [-0.2, 0) is 13.6 Å². The average molecular weight is 244 g/mol. The summed E-state index contributed by atoms with van der Waals surface area (Å²) in [6.07, 6.45) is 1.86. The summed E-state index contributed by atoms with van der Waals surface area (Å²) in [5.41, 5.74) is 2.28. The maximum Gasteiger partial charge on any atom is 0.0759 e. The Labute approximate surface area is 99.5 Å². The molecular weight excluding hydrogens is 230 g/mol. The lowest BCUT2D eigenvalue weighted by Gasteiger charge is -2.03. The van der Waals surface area contributed by atoms with E-state index in [1.807, 2.05) is 17.9 Å². The monoisotopic (exact) mass is 243 g/mol. The lowest BCUT2D eigenvalue weighted by atomic mass is 10.4. The molecule has 2 aromatic rings. The minimum absolute atomic E-state index is 0. The van der Waals surface area contributed by atoms with Crippen LogP contribution in [0.4, 0.5) is 5.69 Å². The molecule has 15 heavy (non-hydrogen) atoms. The predicted molar refractivity (Wildman–Crippen MR) is 66.8 cm³/mol. The Bertz CT molecular complexity index is 408. The average Bonchev–Trinajstić information content (AvgIpc) is 2.77. The Morgan fingerprint density at radius 2 is 2.33 bits per heavy atom. The zero-order valence-corrected chi connectivity index (χ0v) is 10.4. The van der Waals surface area contributed by atoms with Gasteiger partial charge in [0, 0.05) is 18.5 Å². The lowest BCUT2D eigenvalue weighted by molar-refractivity contribution is 0.740. The summed E-state index contributed by atoms with van der Waals surface area (Å²) in [5, 5.41) is 9.63. The summed E-state index contributed by atoms with van der Waals surface area (Å²) in [6.45, 7) is 2.94. The van der Waals surface area contributed by atoms with E-state index >= 15 is 0 Å². The molecule has 2 rings (SSSR count). The highest BCUT2D eigenvalue weighted by Gasteiger charge is 2.02. The topological polar surface area (TPSA) is 29.9 Å². The Balaban J connectivity index is 0.00000112. The van der Waals surface area contributed by atoms with Crippen molar-refractivity contribution in [1.29, 1.82) is 0 Å². The number of thiophene rings is 1. The van der Waals surface area contributed by atoms with Crippen molar-refractivity contribution >= 4 is 29.4 Å². The number of hydrogen-bond acceptors (Lipinski definition) is 3. The van der Waals surface area contributed by atoms with Crippen molar-refractivity contribution in [3.05, 3.63) is 34.3 Å². The standard InChI is InChI=1S/C10H13N3S.ClH/c1-8-10(7-12-13(8)2)11-6-9-4-3-5-14-9;/h3-5,7,11H,6H2,1-2H3;1H. The van der Waals surface area contributed by atoms with E-state index < -0.39 is 0 Å². The van der Waals surface area contributed by atoms with Crippen LogP contribution in [0.3, 0.4) is 0 Å². The van der Waals surface area contributed by atoms with Crippen LogP contribution in [0, 0.1) is 6.92 Å². The maximum atomic E-state index is 4.17. The van der Waals surface area contributed by atoms with Crippen molar-refractivity contribution in [1.82, 2.24) is 9.78 Å². The number of halogens is 1. The molecule has 1 N–H and O–H groups in total. The number of nitrogens with one attached hydrogen (secondary N) is 1. The number of aryl methyl sites for hydroxylation is 1. The molecule has 82 valence electrons. The van der Waals surface area contributed by atoms with Crippen LogP contribution in [-0.4, -0.2) is 9.78 Å². The molecule has 0 aliphatic rings. The van der Waals surface area contributed by atoms with Crippen LogP contribution in [0.25, 0.3) is 0 Å². The van der Waals surface area contributed by atoms with E-state index in [2.05, 4.69) is 34.9 Å². The summed E-state index contributed by atoms with van der Waals surface area (Å²) >= 11 is 1.77. The molecule has 0 bridgehead atoms. The SMILES string of the molecule is Cc1c(NCc2cccs2)cnn1C.Cl. The highest BCUT2D eigenvalue weighted by Crippen LogP contribution is 2.15. The molecule has 5 heteroatoms. The van der Waals surface area contributed by atoms with Gasteiger partial charge in [0.05, 0.1) is 17.6 Å². The predicted octanol–water partition coefficient (Wildman–Crippen LogP) is 2.82. The molecule has 2 aromatic heterocycles. The van der Waals surface area contributed by atoms with E-state index in [9.17, 15) is 0 Å². The molecule has 0 aliphatic heterocycles. The quantitative estimate of drug-likeness (QED) is 0.899. The van der Waals surface area contributed by atoms with Crippen molar-refractivity contribution in [2.45, 2.75) is 13.5 Å². The smallest absolute Gasteiger partial charge is 0.0759 e. The first kappa shape index (κ1) is 12.1. The summed E-state index contributed by atoms with van der Waals surface area (Å²) in [4.78, 5) is 1.34. The van der Waals surface area contributed by atoms with Crippen LogP contribution in [0.15, 0.2) is 23.7 Å². The number of anilines is 1. The van der Waals surface area contributed by atoms with Gasteiger partial charge in [-0.3, -0.25) is 4.68 Å². The van der Waals surface area contributed by atoms with Crippen LogP contribution < -0.4 is 5.32 Å². The summed E-state index contributed by atoms with van der Waals surface area (Å²) in [6, 6.07) is 4.20. The fraction of sp³-hybridized carbons (Fsp3) is 0.300. The molecule has 0 spiro atoms. The van der Waals surface area contributed by atoms with Gasteiger partial charge in [-0.1, -0.05) is 6.07 Å². The van der Waals surface area contributed by atoms with Crippen molar-refractivity contribution in [3.63, 3.8) is 0 Å². The molecule has 0 saturated carbocycles. The first-order chi connectivity index (χ1) is 6.77. The molecule has 2 heterocycles. The number of aromatic nitrogens is 2. The fourth-order valence-electron chi connectivity index (χ4n) is 1.27. The van der Waals surface area contributed by atoms with Gasteiger partial charge >= 0.3 is 0 Å². The van der Waals surface area contributed by atoms with Gasteiger partial charge in [-0.15, -0.1) is 23.7 Å². The first-order valence-corrected chi connectivity index (χ1v) is 5.40. The van der Waals surface area contributed by atoms with E-state index in [0.29, 0.717) is 0 Å². The Kier molecular flexibility index (Phi) is 4.17. The molecule has 0 unspecified atom stereocenters. The van der Waals surface area contributed by atoms with Crippen molar-refractivity contribution in [2.75, 3.05) is 5.32 Å². The van der Waals surface area contributed by atoms with E-state index in [1.54, 1.807) is 11.3 Å². The molecular formula is C10H14ClN3S. The summed E-state index contributed by atoms with van der Waals surface area (Å²) in [5.74, 6) is 0. The van der Waals surface area contributed by atoms with Crippen molar-refractivity contribution < 1.29 is 0 Å². The molecule has 0 radical (unpaired) electrons. The number of hydrogen-bond donors (Lipinski definition) is 1. The largest absolute Gasteiger partial charge is 0.377 e. The minimum Gasteiger partial charge on any atom is -0.377 e. The van der Waals surface area contributed by atoms with Crippen molar-refractivity contribution in [3.8, 4) is 0 Å². The van der Waals surface area contributed by atoms with Crippen molar-refractivity contribution in [2.24, 2.45) is 7.05 Å². The lowest BCUT2D eigenvalue weighted by Crippen LogP contribution is -1.99. The van der Waals surface area contributed by atoms with E-state index in [1.165, 1.54) is 10.6 Å². The second-order valence-corrected chi connectivity index (χ2v) is 4.23. The van der Waals surface area contributed by atoms with Gasteiger partial charge in [0.1, 0.15) is 0 Å². The normalized spacial score (nSPS) is 9.73. The van der Waals surface area contributed by atoms with Gasteiger partial charge in [0.2, 0.25) is 0 Å². The molecule has 0 fully saturated rings. The van der Waals surface area contributed by atoms with Gasteiger partial charge in [-0.25, -0.2) is 0 Å². The van der Waals surface area contributed by atoms with Crippen LogP contribution in [0.2, 0.25) is 0 Å². The molecule has 0 amide bonds. The van der Waals surface area contributed by atoms with Crippen LogP contribution >= 0.6 is 23.7 Å². The summed E-state index contributed by atoms with van der Waals surface area (Å²) in [7, 11) is 1.95. The third kappa shape index (κ3) is 2.73. The third-order valence-electron chi connectivity index (χ3n) is 2.27. The van der Waals surface area contributed by atoms with Gasteiger partial charge in [0.15, 0.2) is 0 Å². The molecule has 0 aromatic carbocycles. The Morgan fingerprint density at radius 3 is 2.87 bits per heavy atom. The van der Waals surface area contributed by atoms with Gasteiger partial charge in [0.25, 0.3) is 0 Å². The highest BCUT2D eigenvalue weighted by atomic mass is 35.5. The minimum atomic E-state index is 0.